The lowest BCUT2D eigenvalue weighted by molar-refractivity contribution is -0.137. The van der Waals surface area contributed by atoms with Gasteiger partial charge in [-0.05, 0) is 18.1 Å². The second-order valence-electron chi connectivity index (χ2n) is 4.38. The molecule has 1 unspecified atom stereocenters. The fraction of sp³-hybridized carbons (Fsp3) is 0.462. The lowest BCUT2D eigenvalue weighted by Gasteiger charge is -2.13. The van der Waals surface area contributed by atoms with E-state index in [0.717, 1.165) is 12.1 Å². The largest absolute Gasteiger partial charge is 0.416 e. The average Bonchev–Trinajstić information content (AvgIpc) is 2.35. The number of carbonyl (C=O) groups is 1. The van der Waals surface area contributed by atoms with Crippen molar-refractivity contribution < 1.29 is 18.0 Å². The van der Waals surface area contributed by atoms with Crippen molar-refractivity contribution in [2.24, 2.45) is 11.7 Å². The maximum atomic E-state index is 12.5. The first kappa shape index (κ1) is 15.5. The van der Waals surface area contributed by atoms with E-state index >= 15 is 0 Å². The summed E-state index contributed by atoms with van der Waals surface area (Å²) in [4.78, 5) is 11.6. The number of amides is 1. The minimum absolute atomic E-state index is 0.206. The third kappa shape index (κ3) is 4.90. The van der Waals surface area contributed by atoms with Crippen molar-refractivity contribution in [3.63, 3.8) is 0 Å². The van der Waals surface area contributed by atoms with E-state index in [1.165, 1.54) is 6.07 Å². The number of nitrogens with one attached hydrogen (secondary N) is 1. The molecule has 0 bridgehead atoms. The smallest absolute Gasteiger partial charge is 0.355 e. The zero-order valence-corrected chi connectivity index (χ0v) is 10.6. The average molecular weight is 274 g/mol. The highest BCUT2D eigenvalue weighted by Crippen LogP contribution is 2.29. The minimum atomic E-state index is -4.36. The molecule has 0 fully saturated rings. The van der Waals surface area contributed by atoms with E-state index in [1.54, 1.807) is 13.0 Å². The van der Waals surface area contributed by atoms with Gasteiger partial charge in [0.1, 0.15) is 0 Å². The quantitative estimate of drug-likeness (QED) is 0.862. The molecule has 0 aliphatic rings. The van der Waals surface area contributed by atoms with Gasteiger partial charge in [0.2, 0.25) is 5.91 Å². The monoisotopic (exact) mass is 274 g/mol. The molecule has 0 radical (unpaired) electrons. The minimum Gasteiger partial charge on any atom is -0.355 e. The highest BCUT2D eigenvalue weighted by molar-refractivity contribution is 5.78. The number of halogens is 3. The number of hydrogen-bond donors (Lipinski definition) is 2. The van der Waals surface area contributed by atoms with Gasteiger partial charge < -0.3 is 11.1 Å². The summed E-state index contributed by atoms with van der Waals surface area (Å²) < 4.78 is 37.6. The first-order valence-electron chi connectivity index (χ1n) is 5.98. The summed E-state index contributed by atoms with van der Waals surface area (Å²) in [6, 6.07) is 5.03. The number of benzene rings is 1. The molecule has 0 aromatic heterocycles. The Kier molecular flexibility index (Phi) is 5.35. The van der Waals surface area contributed by atoms with Crippen LogP contribution in [0, 0.1) is 5.92 Å². The molecule has 0 aliphatic heterocycles. The van der Waals surface area contributed by atoms with Gasteiger partial charge in [0.05, 0.1) is 5.56 Å². The molecular formula is C13H17F3N2O. The van der Waals surface area contributed by atoms with Gasteiger partial charge in [-0.15, -0.1) is 0 Å². The van der Waals surface area contributed by atoms with Crippen LogP contribution in [0.4, 0.5) is 13.2 Å². The van der Waals surface area contributed by atoms with Gasteiger partial charge in [0.25, 0.3) is 0 Å². The Morgan fingerprint density at radius 2 is 2.11 bits per heavy atom. The summed E-state index contributed by atoms with van der Waals surface area (Å²) in [6.07, 6.45) is -4.10. The number of alkyl halides is 3. The lowest BCUT2D eigenvalue weighted by Crippen LogP contribution is -2.34. The predicted molar refractivity (Wildman–Crippen MR) is 66.4 cm³/mol. The fourth-order valence-corrected chi connectivity index (χ4v) is 1.69. The van der Waals surface area contributed by atoms with Crippen molar-refractivity contribution >= 4 is 5.91 Å². The summed E-state index contributed by atoms with van der Waals surface area (Å²) in [6.45, 7) is 2.37. The first-order valence-corrected chi connectivity index (χ1v) is 5.98. The first-order chi connectivity index (χ1) is 8.84. The van der Waals surface area contributed by atoms with Crippen molar-refractivity contribution in [2.75, 3.05) is 13.1 Å². The summed E-state index contributed by atoms with van der Waals surface area (Å²) in [5.41, 5.74) is 5.05. The van der Waals surface area contributed by atoms with Crippen molar-refractivity contribution in [3.05, 3.63) is 35.4 Å². The standard InChI is InChI=1S/C13H17F3N2O/c1-9(12(19)18-6-5-17)7-10-3-2-4-11(8-10)13(14,15)16/h2-4,8-9H,5-7,17H2,1H3,(H,18,19). The number of rotatable bonds is 5. The van der Waals surface area contributed by atoms with Crippen LogP contribution in [0.5, 0.6) is 0 Å². The van der Waals surface area contributed by atoms with E-state index < -0.39 is 17.7 Å². The van der Waals surface area contributed by atoms with E-state index in [-0.39, 0.29) is 12.3 Å². The van der Waals surface area contributed by atoms with E-state index in [0.29, 0.717) is 18.7 Å². The Balaban J connectivity index is 2.69. The molecule has 0 saturated heterocycles. The third-order valence-corrected chi connectivity index (χ3v) is 2.69. The van der Waals surface area contributed by atoms with Gasteiger partial charge in [-0.1, -0.05) is 25.1 Å². The topological polar surface area (TPSA) is 55.1 Å². The Labute approximate surface area is 110 Å². The normalized spacial score (nSPS) is 13.1. The molecule has 1 aromatic rings. The Morgan fingerprint density at radius 3 is 2.68 bits per heavy atom. The van der Waals surface area contributed by atoms with Crippen LogP contribution in [-0.4, -0.2) is 19.0 Å². The summed E-state index contributed by atoms with van der Waals surface area (Å²) in [5, 5.41) is 2.61. The molecule has 19 heavy (non-hydrogen) atoms. The molecule has 1 aromatic carbocycles. The Hall–Kier alpha value is -1.56. The van der Waals surface area contributed by atoms with Crippen LogP contribution in [0.3, 0.4) is 0 Å². The molecule has 1 atom stereocenters. The molecule has 0 heterocycles. The molecular weight excluding hydrogens is 257 g/mol. The second kappa shape index (κ2) is 6.56. The van der Waals surface area contributed by atoms with Gasteiger partial charge in [0, 0.05) is 19.0 Å². The summed E-state index contributed by atoms with van der Waals surface area (Å²) in [7, 11) is 0. The Bertz CT molecular complexity index is 432. The zero-order valence-electron chi connectivity index (χ0n) is 10.6. The molecule has 106 valence electrons. The van der Waals surface area contributed by atoms with E-state index in [1.807, 2.05) is 0 Å². The van der Waals surface area contributed by atoms with Crippen LogP contribution in [0.1, 0.15) is 18.1 Å². The van der Waals surface area contributed by atoms with Gasteiger partial charge in [-0.25, -0.2) is 0 Å². The predicted octanol–water partition coefficient (Wildman–Crippen LogP) is 1.96. The van der Waals surface area contributed by atoms with Crippen LogP contribution in [-0.2, 0) is 17.4 Å². The molecule has 6 heteroatoms. The van der Waals surface area contributed by atoms with Crippen molar-refractivity contribution in [1.29, 1.82) is 0 Å². The maximum Gasteiger partial charge on any atom is 0.416 e. The van der Waals surface area contributed by atoms with Crippen molar-refractivity contribution in [1.82, 2.24) is 5.32 Å². The molecule has 1 rings (SSSR count). The van der Waals surface area contributed by atoms with Crippen molar-refractivity contribution in [3.8, 4) is 0 Å². The number of carbonyl (C=O) groups excluding carboxylic acids is 1. The molecule has 1 amide bonds. The number of nitrogens with two attached hydrogens (primary N) is 1. The van der Waals surface area contributed by atoms with E-state index in [4.69, 9.17) is 5.73 Å². The summed E-state index contributed by atoms with van der Waals surface area (Å²) in [5.74, 6) is -0.599. The van der Waals surface area contributed by atoms with Gasteiger partial charge in [0.15, 0.2) is 0 Å². The van der Waals surface area contributed by atoms with Gasteiger partial charge >= 0.3 is 6.18 Å². The zero-order chi connectivity index (χ0) is 14.5. The number of hydrogen-bond acceptors (Lipinski definition) is 2. The van der Waals surface area contributed by atoms with Crippen LogP contribution in [0.15, 0.2) is 24.3 Å². The highest BCUT2D eigenvalue weighted by Gasteiger charge is 2.30. The van der Waals surface area contributed by atoms with Crippen molar-refractivity contribution in [2.45, 2.75) is 19.5 Å². The van der Waals surface area contributed by atoms with E-state index in [9.17, 15) is 18.0 Å². The maximum absolute atomic E-state index is 12.5. The molecule has 0 spiro atoms. The SMILES string of the molecule is CC(Cc1cccc(C(F)(F)F)c1)C(=O)NCCN. The molecule has 0 aliphatic carbocycles. The second-order valence-corrected chi connectivity index (χ2v) is 4.38. The van der Waals surface area contributed by atoms with Crippen LogP contribution >= 0.6 is 0 Å². The Morgan fingerprint density at radius 1 is 1.42 bits per heavy atom. The van der Waals surface area contributed by atoms with Gasteiger partial charge in [-0.2, -0.15) is 13.2 Å². The van der Waals surface area contributed by atoms with Crippen LogP contribution < -0.4 is 11.1 Å². The van der Waals surface area contributed by atoms with E-state index in [2.05, 4.69) is 5.32 Å². The molecule has 0 saturated carbocycles. The fourth-order valence-electron chi connectivity index (χ4n) is 1.69. The molecule has 3 nitrogen and oxygen atoms in total. The third-order valence-electron chi connectivity index (χ3n) is 2.69. The van der Waals surface area contributed by atoms with Gasteiger partial charge in [-0.3, -0.25) is 4.79 Å². The lowest BCUT2D eigenvalue weighted by atomic mass is 9.98. The van der Waals surface area contributed by atoms with Crippen LogP contribution in [0.2, 0.25) is 0 Å². The molecule has 3 N–H and O–H groups in total. The summed E-state index contributed by atoms with van der Waals surface area (Å²) >= 11 is 0. The highest BCUT2D eigenvalue weighted by atomic mass is 19.4. The van der Waals surface area contributed by atoms with Crippen LogP contribution in [0.25, 0.3) is 0 Å².